The van der Waals surface area contributed by atoms with Crippen LogP contribution < -0.4 is 4.90 Å². The highest BCUT2D eigenvalue weighted by atomic mass is 16.3. The molecule has 0 aliphatic carbocycles. The molecule has 0 saturated carbocycles. The number of anilines is 3. The fourth-order valence-electron chi connectivity index (χ4n) is 4.46. The number of fused-ring (bicyclic) bond motifs is 3. The van der Waals surface area contributed by atoms with E-state index < -0.39 is 0 Å². The van der Waals surface area contributed by atoms with Gasteiger partial charge in [0.05, 0.1) is 0 Å². The van der Waals surface area contributed by atoms with E-state index in [2.05, 4.69) is 119 Å². The predicted octanol–water partition coefficient (Wildman–Crippen LogP) is 9.41. The van der Waals surface area contributed by atoms with Crippen LogP contribution in [0.4, 0.5) is 17.1 Å². The molecule has 5 aromatic rings. The van der Waals surface area contributed by atoms with Crippen LogP contribution in [0.5, 0.6) is 0 Å². The zero-order valence-corrected chi connectivity index (χ0v) is 20.4. The standard InChI is InChI=1S/C31H31NO/c1-19(2)24-9-13-28-29-14-12-27(18-31(29)33-30(28)17-24)32(25-10-7-20(3)22(5)15-25)26-11-8-21(4)23(6)16-26/h7-19H,1-6H3. The summed E-state index contributed by atoms with van der Waals surface area (Å²) in [6.07, 6.45) is 0. The van der Waals surface area contributed by atoms with Crippen molar-refractivity contribution in [2.24, 2.45) is 0 Å². The van der Waals surface area contributed by atoms with Crippen molar-refractivity contribution in [2.45, 2.75) is 47.5 Å². The minimum atomic E-state index is 0.475. The molecule has 0 radical (unpaired) electrons. The van der Waals surface area contributed by atoms with Crippen molar-refractivity contribution in [3.05, 3.63) is 101 Å². The zero-order chi connectivity index (χ0) is 23.3. The molecule has 33 heavy (non-hydrogen) atoms. The summed E-state index contributed by atoms with van der Waals surface area (Å²) in [6.45, 7) is 13.1. The molecule has 0 spiro atoms. The normalized spacial score (nSPS) is 11.6. The SMILES string of the molecule is Cc1ccc(N(c2ccc(C)c(C)c2)c2ccc3c(c2)oc2cc(C(C)C)ccc23)cc1C. The largest absolute Gasteiger partial charge is 0.456 e. The van der Waals surface area contributed by atoms with E-state index >= 15 is 0 Å². The van der Waals surface area contributed by atoms with E-state index in [1.54, 1.807) is 0 Å². The maximum atomic E-state index is 6.36. The summed E-state index contributed by atoms with van der Waals surface area (Å²) in [5.41, 5.74) is 11.7. The third kappa shape index (κ3) is 3.80. The Kier molecular flexibility index (Phi) is 5.25. The van der Waals surface area contributed by atoms with E-state index in [1.807, 2.05) is 0 Å². The van der Waals surface area contributed by atoms with Gasteiger partial charge < -0.3 is 9.32 Å². The average molecular weight is 434 g/mol. The summed E-state index contributed by atoms with van der Waals surface area (Å²) in [5.74, 6) is 0.475. The first kappa shape index (κ1) is 21.3. The highest BCUT2D eigenvalue weighted by Crippen LogP contribution is 2.39. The van der Waals surface area contributed by atoms with Gasteiger partial charge in [-0.1, -0.05) is 38.1 Å². The van der Waals surface area contributed by atoms with Gasteiger partial charge in [-0.2, -0.15) is 0 Å². The van der Waals surface area contributed by atoms with Crippen LogP contribution in [0.3, 0.4) is 0 Å². The second-order valence-electron chi connectivity index (χ2n) is 9.57. The molecular formula is C31H31NO. The number of nitrogens with zero attached hydrogens (tertiary/aromatic N) is 1. The van der Waals surface area contributed by atoms with Gasteiger partial charge in [0.15, 0.2) is 0 Å². The molecule has 0 aliphatic heterocycles. The van der Waals surface area contributed by atoms with Gasteiger partial charge in [0.25, 0.3) is 0 Å². The number of aryl methyl sites for hydroxylation is 4. The summed E-state index contributed by atoms with van der Waals surface area (Å²) >= 11 is 0. The third-order valence-corrected chi connectivity index (χ3v) is 6.90. The fourth-order valence-corrected chi connectivity index (χ4v) is 4.46. The van der Waals surface area contributed by atoms with Gasteiger partial charge in [-0.25, -0.2) is 0 Å². The van der Waals surface area contributed by atoms with Crippen molar-refractivity contribution in [3.8, 4) is 0 Å². The Morgan fingerprint density at radius 2 is 1.03 bits per heavy atom. The number of hydrogen-bond acceptors (Lipinski definition) is 2. The highest BCUT2D eigenvalue weighted by Gasteiger charge is 2.17. The minimum absolute atomic E-state index is 0.475. The van der Waals surface area contributed by atoms with Crippen LogP contribution >= 0.6 is 0 Å². The number of furan rings is 1. The van der Waals surface area contributed by atoms with Crippen molar-refractivity contribution < 1.29 is 4.42 Å². The third-order valence-electron chi connectivity index (χ3n) is 6.90. The van der Waals surface area contributed by atoms with Crippen molar-refractivity contribution in [1.82, 2.24) is 0 Å². The molecule has 0 fully saturated rings. The molecule has 166 valence electrons. The van der Waals surface area contributed by atoms with E-state index in [-0.39, 0.29) is 0 Å². The molecule has 1 heterocycles. The molecule has 2 heteroatoms. The lowest BCUT2D eigenvalue weighted by atomic mass is 10.0. The molecule has 0 bridgehead atoms. The second-order valence-corrected chi connectivity index (χ2v) is 9.57. The van der Waals surface area contributed by atoms with Crippen LogP contribution in [0, 0.1) is 27.7 Å². The number of hydrogen-bond donors (Lipinski definition) is 0. The lowest BCUT2D eigenvalue weighted by molar-refractivity contribution is 0.667. The van der Waals surface area contributed by atoms with Crippen LogP contribution in [0.15, 0.2) is 77.2 Å². The lowest BCUT2D eigenvalue weighted by Crippen LogP contribution is -2.10. The molecule has 0 atom stereocenters. The van der Waals surface area contributed by atoms with Crippen molar-refractivity contribution >= 4 is 39.0 Å². The Labute approximate surface area is 196 Å². The fraction of sp³-hybridized carbons (Fsp3) is 0.226. The van der Waals surface area contributed by atoms with Crippen molar-refractivity contribution in [1.29, 1.82) is 0 Å². The van der Waals surface area contributed by atoms with Crippen LogP contribution in [0.2, 0.25) is 0 Å². The minimum Gasteiger partial charge on any atom is -0.456 e. The molecule has 1 aromatic heterocycles. The first-order valence-electron chi connectivity index (χ1n) is 11.7. The first-order valence-corrected chi connectivity index (χ1v) is 11.7. The first-order chi connectivity index (χ1) is 15.8. The summed E-state index contributed by atoms with van der Waals surface area (Å²) in [4.78, 5) is 2.32. The molecule has 4 aromatic carbocycles. The molecule has 0 saturated heterocycles. The molecule has 0 aliphatic rings. The maximum absolute atomic E-state index is 6.36. The Balaban J connectivity index is 1.70. The average Bonchev–Trinajstić information content (AvgIpc) is 3.15. The summed E-state index contributed by atoms with van der Waals surface area (Å²) < 4.78 is 6.36. The molecule has 5 rings (SSSR count). The monoisotopic (exact) mass is 433 g/mol. The Morgan fingerprint density at radius 3 is 1.58 bits per heavy atom. The van der Waals surface area contributed by atoms with Gasteiger partial charge in [-0.3, -0.25) is 0 Å². The summed E-state index contributed by atoms with van der Waals surface area (Å²) in [7, 11) is 0. The topological polar surface area (TPSA) is 16.4 Å². The van der Waals surface area contributed by atoms with Gasteiger partial charge in [0.2, 0.25) is 0 Å². The summed E-state index contributed by atoms with van der Waals surface area (Å²) in [5, 5.41) is 2.33. The zero-order valence-electron chi connectivity index (χ0n) is 20.4. The van der Waals surface area contributed by atoms with Crippen LogP contribution in [-0.2, 0) is 0 Å². The smallest absolute Gasteiger partial charge is 0.137 e. The molecule has 0 N–H and O–H groups in total. The molecule has 2 nitrogen and oxygen atoms in total. The Bertz CT molecular complexity index is 1440. The lowest BCUT2D eigenvalue weighted by Gasteiger charge is -2.26. The predicted molar refractivity (Wildman–Crippen MR) is 141 cm³/mol. The van der Waals surface area contributed by atoms with E-state index in [0.717, 1.165) is 33.6 Å². The molecule has 0 amide bonds. The van der Waals surface area contributed by atoms with Gasteiger partial charge in [0, 0.05) is 33.9 Å². The van der Waals surface area contributed by atoms with Gasteiger partial charge in [0.1, 0.15) is 11.2 Å². The highest BCUT2D eigenvalue weighted by molar-refractivity contribution is 6.06. The quantitative estimate of drug-likeness (QED) is 0.281. The van der Waals surface area contributed by atoms with Crippen LogP contribution in [0.25, 0.3) is 21.9 Å². The molecular weight excluding hydrogens is 402 g/mol. The van der Waals surface area contributed by atoms with Crippen molar-refractivity contribution in [3.63, 3.8) is 0 Å². The van der Waals surface area contributed by atoms with Crippen molar-refractivity contribution in [2.75, 3.05) is 4.90 Å². The van der Waals surface area contributed by atoms with E-state index in [1.165, 1.54) is 33.2 Å². The number of benzene rings is 4. The van der Waals surface area contributed by atoms with Gasteiger partial charge in [-0.15, -0.1) is 0 Å². The van der Waals surface area contributed by atoms with E-state index in [4.69, 9.17) is 4.42 Å². The van der Waals surface area contributed by atoms with E-state index in [0.29, 0.717) is 5.92 Å². The second kappa shape index (κ2) is 8.12. The van der Waals surface area contributed by atoms with Gasteiger partial charge in [-0.05, 0) is 104 Å². The van der Waals surface area contributed by atoms with Gasteiger partial charge >= 0.3 is 0 Å². The molecule has 0 unspecified atom stereocenters. The Hall–Kier alpha value is -3.52. The van der Waals surface area contributed by atoms with Crippen LogP contribution in [-0.4, -0.2) is 0 Å². The Morgan fingerprint density at radius 1 is 0.545 bits per heavy atom. The maximum Gasteiger partial charge on any atom is 0.137 e. The number of rotatable bonds is 4. The van der Waals surface area contributed by atoms with E-state index in [9.17, 15) is 0 Å². The van der Waals surface area contributed by atoms with Crippen LogP contribution in [0.1, 0.15) is 47.6 Å². The summed E-state index contributed by atoms with van der Waals surface area (Å²) in [6, 6.07) is 26.5.